The van der Waals surface area contributed by atoms with Crippen molar-refractivity contribution in [2.45, 2.75) is 6.54 Å². The van der Waals surface area contributed by atoms with E-state index in [1.165, 1.54) is 22.7 Å². The molecule has 0 saturated carbocycles. The number of nitrogens with one attached hydrogen (secondary N) is 2. The molecule has 0 unspecified atom stereocenters. The second-order valence-corrected chi connectivity index (χ2v) is 6.46. The van der Waals surface area contributed by atoms with Crippen LogP contribution in [0.3, 0.4) is 0 Å². The van der Waals surface area contributed by atoms with E-state index in [1.807, 2.05) is 0 Å². The van der Waals surface area contributed by atoms with Gasteiger partial charge in [0.15, 0.2) is 11.6 Å². The third-order valence-electron chi connectivity index (χ3n) is 3.99. The van der Waals surface area contributed by atoms with E-state index in [0.717, 1.165) is 0 Å². The zero-order chi connectivity index (χ0) is 19.7. The second-order valence-electron chi connectivity index (χ2n) is 5.87. The number of anilines is 1. The maximum absolute atomic E-state index is 13.1. The summed E-state index contributed by atoms with van der Waals surface area (Å²) in [4.78, 5) is 21.1. The van der Waals surface area contributed by atoms with Crippen LogP contribution in [0.25, 0.3) is 17.2 Å². The number of H-pyrrole nitrogens is 1. The summed E-state index contributed by atoms with van der Waals surface area (Å²) >= 11 is 11.4. The SMILES string of the molecule is O=c1cc(CNc2cc(Cl)ccc2OCl)nc2nc(-c3ccc(F)cc3)[nH]n12. The molecule has 2 heterocycles. The third kappa shape index (κ3) is 3.64. The fourth-order valence-corrected chi connectivity index (χ4v) is 2.95. The Bertz CT molecular complexity index is 1210. The highest BCUT2D eigenvalue weighted by Crippen LogP contribution is 2.29. The number of hydrogen-bond donors (Lipinski definition) is 2. The largest absolute Gasteiger partial charge is 0.383 e. The lowest BCUT2D eigenvalue weighted by Gasteiger charge is -2.09. The number of halogens is 3. The van der Waals surface area contributed by atoms with Gasteiger partial charge < -0.3 is 9.61 Å². The summed E-state index contributed by atoms with van der Waals surface area (Å²) in [7, 11) is 0. The molecule has 0 aliphatic carbocycles. The van der Waals surface area contributed by atoms with Gasteiger partial charge in [0.1, 0.15) is 17.7 Å². The summed E-state index contributed by atoms with van der Waals surface area (Å²) in [5.41, 5.74) is 1.32. The van der Waals surface area contributed by atoms with Crippen LogP contribution in [0.1, 0.15) is 5.69 Å². The molecule has 0 bridgehead atoms. The minimum absolute atomic E-state index is 0.198. The van der Waals surface area contributed by atoms with Crippen molar-refractivity contribution in [1.82, 2.24) is 19.6 Å². The lowest BCUT2D eigenvalue weighted by atomic mass is 10.2. The van der Waals surface area contributed by atoms with Crippen molar-refractivity contribution < 1.29 is 8.68 Å². The van der Waals surface area contributed by atoms with Crippen LogP contribution in [0.2, 0.25) is 5.02 Å². The van der Waals surface area contributed by atoms with Gasteiger partial charge in [-0.25, -0.2) is 9.37 Å². The fraction of sp³-hybridized carbons (Fsp3) is 0.0556. The molecule has 0 radical (unpaired) electrons. The number of aromatic nitrogens is 4. The first-order chi connectivity index (χ1) is 13.5. The average Bonchev–Trinajstić information content (AvgIpc) is 3.12. The quantitative estimate of drug-likeness (QED) is 0.510. The number of aromatic amines is 1. The van der Waals surface area contributed by atoms with Crippen LogP contribution in [0.4, 0.5) is 10.1 Å². The van der Waals surface area contributed by atoms with Gasteiger partial charge in [-0.05, 0) is 42.5 Å². The zero-order valence-corrected chi connectivity index (χ0v) is 15.6. The molecule has 10 heteroatoms. The van der Waals surface area contributed by atoms with E-state index >= 15 is 0 Å². The topological polar surface area (TPSA) is 84.3 Å². The first-order valence-corrected chi connectivity index (χ1v) is 8.79. The van der Waals surface area contributed by atoms with Crippen LogP contribution in [0.5, 0.6) is 5.75 Å². The fourth-order valence-electron chi connectivity index (χ4n) is 2.65. The van der Waals surface area contributed by atoms with Crippen molar-refractivity contribution in [3.8, 4) is 17.1 Å². The van der Waals surface area contributed by atoms with E-state index in [2.05, 4.69) is 20.4 Å². The lowest BCUT2D eigenvalue weighted by molar-refractivity contribution is 0.621. The molecule has 4 rings (SSSR count). The summed E-state index contributed by atoms with van der Waals surface area (Å²) in [5, 5.41) is 6.43. The van der Waals surface area contributed by atoms with Gasteiger partial charge in [-0.15, -0.1) is 0 Å². The highest BCUT2D eigenvalue weighted by Gasteiger charge is 2.11. The molecule has 2 N–H and O–H groups in total. The normalized spacial score (nSPS) is 11.0. The van der Waals surface area contributed by atoms with Crippen LogP contribution in [-0.4, -0.2) is 19.6 Å². The molecule has 2 aromatic heterocycles. The predicted octanol–water partition coefficient (Wildman–Crippen LogP) is 4.02. The standard InChI is InChI=1S/C18H12Cl2FN5O2/c19-11-3-6-15(28-20)14(7-11)22-9-13-8-16(27)26-18(23-13)24-17(25-26)10-1-4-12(21)5-2-10/h1-8,22H,9H2,(H,23,24,25). The van der Waals surface area contributed by atoms with E-state index < -0.39 is 0 Å². The van der Waals surface area contributed by atoms with Crippen molar-refractivity contribution in [3.63, 3.8) is 0 Å². The molecule has 0 aliphatic rings. The number of fused-ring (bicyclic) bond motifs is 1. The van der Waals surface area contributed by atoms with Crippen molar-refractivity contribution in [1.29, 1.82) is 0 Å². The van der Waals surface area contributed by atoms with Crippen LogP contribution in [-0.2, 0) is 6.54 Å². The maximum Gasteiger partial charge on any atom is 0.274 e. The summed E-state index contributed by atoms with van der Waals surface area (Å²) in [6.07, 6.45) is 0. The van der Waals surface area contributed by atoms with Crippen LogP contribution in [0.15, 0.2) is 53.3 Å². The third-order valence-corrected chi connectivity index (χ3v) is 4.39. The Morgan fingerprint density at radius 1 is 1.14 bits per heavy atom. The molecule has 0 spiro atoms. The predicted molar refractivity (Wildman–Crippen MR) is 104 cm³/mol. The van der Waals surface area contributed by atoms with Gasteiger partial charge in [0, 0.05) is 16.7 Å². The molecule has 0 fully saturated rings. The summed E-state index contributed by atoms with van der Waals surface area (Å²) < 4.78 is 19.1. The molecule has 0 saturated heterocycles. The minimum Gasteiger partial charge on any atom is -0.383 e. The molecule has 2 aromatic carbocycles. The van der Waals surface area contributed by atoms with Crippen molar-refractivity contribution >= 4 is 34.9 Å². The minimum atomic E-state index is -0.357. The van der Waals surface area contributed by atoms with E-state index in [9.17, 15) is 9.18 Å². The number of hydrogen-bond acceptors (Lipinski definition) is 5. The average molecular weight is 420 g/mol. The highest BCUT2D eigenvalue weighted by molar-refractivity contribution is 6.31. The second kappa shape index (κ2) is 7.49. The molecular formula is C18H12Cl2FN5O2. The smallest absolute Gasteiger partial charge is 0.274 e. The van der Waals surface area contributed by atoms with Gasteiger partial charge in [-0.1, -0.05) is 11.6 Å². The molecule has 7 nitrogen and oxygen atoms in total. The van der Waals surface area contributed by atoms with Crippen LogP contribution in [0, 0.1) is 5.82 Å². The Hall–Kier alpha value is -3.10. The number of nitrogens with zero attached hydrogens (tertiary/aromatic N) is 3. The first-order valence-electron chi connectivity index (χ1n) is 8.10. The van der Waals surface area contributed by atoms with E-state index in [-0.39, 0.29) is 23.7 Å². The molecule has 28 heavy (non-hydrogen) atoms. The molecule has 4 aromatic rings. The molecule has 0 atom stereocenters. The maximum atomic E-state index is 13.1. The Labute approximate surface area is 167 Å². The van der Waals surface area contributed by atoms with Crippen molar-refractivity contribution in [2.24, 2.45) is 0 Å². The zero-order valence-electron chi connectivity index (χ0n) is 14.1. The van der Waals surface area contributed by atoms with Gasteiger partial charge >= 0.3 is 0 Å². The van der Waals surface area contributed by atoms with Crippen LogP contribution < -0.4 is 15.2 Å². The summed E-state index contributed by atoms with van der Waals surface area (Å²) in [6, 6.07) is 12.0. The van der Waals surface area contributed by atoms with Gasteiger partial charge in [0.25, 0.3) is 11.3 Å². The highest BCUT2D eigenvalue weighted by atomic mass is 35.5. The molecule has 142 valence electrons. The number of benzene rings is 2. The van der Waals surface area contributed by atoms with Gasteiger partial charge in [0.2, 0.25) is 0 Å². The first kappa shape index (κ1) is 18.3. The van der Waals surface area contributed by atoms with Crippen molar-refractivity contribution in [2.75, 3.05) is 5.32 Å². The van der Waals surface area contributed by atoms with E-state index in [1.54, 1.807) is 30.3 Å². The summed E-state index contributed by atoms with van der Waals surface area (Å²) in [5.74, 6) is 0.637. The monoisotopic (exact) mass is 419 g/mol. The van der Waals surface area contributed by atoms with Gasteiger partial charge in [0.05, 0.1) is 17.9 Å². The Morgan fingerprint density at radius 3 is 2.68 bits per heavy atom. The molecule has 0 aliphatic heterocycles. The van der Waals surface area contributed by atoms with Crippen molar-refractivity contribution in [3.05, 3.63) is 75.4 Å². The summed E-state index contributed by atoms with van der Waals surface area (Å²) in [6.45, 7) is 0.220. The number of rotatable bonds is 5. The van der Waals surface area contributed by atoms with E-state index in [0.29, 0.717) is 33.5 Å². The van der Waals surface area contributed by atoms with Gasteiger partial charge in [-0.3, -0.25) is 9.89 Å². The Kier molecular flexibility index (Phi) is 4.89. The van der Waals surface area contributed by atoms with E-state index in [4.69, 9.17) is 27.8 Å². The van der Waals surface area contributed by atoms with Gasteiger partial charge in [-0.2, -0.15) is 9.50 Å². The van der Waals surface area contributed by atoms with Crippen LogP contribution >= 0.6 is 23.5 Å². The molecule has 0 amide bonds. The Morgan fingerprint density at radius 2 is 1.93 bits per heavy atom. The molecular weight excluding hydrogens is 408 g/mol. The lowest BCUT2D eigenvalue weighted by Crippen LogP contribution is -2.17. The Balaban J connectivity index is 1.63.